The van der Waals surface area contributed by atoms with E-state index in [1.807, 2.05) is 49.0 Å². The first-order chi connectivity index (χ1) is 15.0. The maximum Gasteiger partial charge on any atom is 0.295 e. The number of rotatable bonds is 4. The Morgan fingerprint density at radius 3 is 2.61 bits per heavy atom. The molecule has 0 unspecified atom stereocenters. The molecule has 0 saturated carbocycles. The number of nitrogens with zero attached hydrogens (tertiary/aromatic N) is 3. The first-order valence-electron chi connectivity index (χ1n) is 10.2. The molecule has 2 aromatic carbocycles. The van der Waals surface area contributed by atoms with Gasteiger partial charge in [-0.2, -0.15) is 0 Å². The van der Waals surface area contributed by atoms with Gasteiger partial charge in [0.15, 0.2) is 0 Å². The van der Waals surface area contributed by atoms with E-state index in [9.17, 15) is 14.7 Å². The maximum absolute atomic E-state index is 13.4. The summed E-state index contributed by atoms with van der Waals surface area (Å²) in [6, 6.07) is 14.2. The summed E-state index contributed by atoms with van der Waals surface area (Å²) in [7, 11) is 1.85. The first kappa shape index (κ1) is 19.1. The summed E-state index contributed by atoms with van der Waals surface area (Å²) in [6.45, 7) is 1.89. The zero-order valence-electron chi connectivity index (χ0n) is 17.3. The van der Waals surface area contributed by atoms with E-state index < -0.39 is 5.97 Å². The van der Waals surface area contributed by atoms with E-state index in [0.29, 0.717) is 16.6 Å². The minimum Gasteiger partial charge on any atom is -0.545 e. The van der Waals surface area contributed by atoms with Crippen LogP contribution in [0.25, 0.3) is 16.6 Å². The van der Waals surface area contributed by atoms with Crippen LogP contribution in [0, 0.1) is 6.92 Å². The number of aromatic carboxylic acids is 1. The van der Waals surface area contributed by atoms with Gasteiger partial charge in [-0.3, -0.25) is 14.5 Å². The van der Waals surface area contributed by atoms with Gasteiger partial charge >= 0.3 is 0 Å². The van der Waals surface area contributed by atoms with Gasteiger partial charge in [0.1, 0.15) is 5.69 Å². The topological polar surface area (TPSA) is 92.0 Å². The SMILES string of the molecule is Cc1c(Nc2c3c(nc4ccc(C(=O)[O-])cc24)CCC3)c(=O)n(-c2ccccc2)n1C. The van der Waals surface area contributed by atoms with Gasteiger partial charge in [0.05, 0.1) is 28.6 Å². The van der Waals surface area contributed by atoms with Crippen molar-refractivity contribution in [3.05, 3.63) is 81.4 Å². The van der Waals surface area contributed by atoms with Gasteiger partial charge in [0.2, 0.25) is 0 Å². The predicted molar refractivity (Wildman–Crippen MR) is 117 cm³/mol. The average Bonchev–Trinajstić information content (AvgIpc) is 3.32. The minimum atomic E-state index is -1.24. The van der Waals surface area contributed by atoms with Crippen molar-refractivity contribution in [3.8, 4) is 5.69 Å². The monoisotopic (exact) mass is 413 g/mol. The maximum atomic E-state index is 13.4. The zero-order valence-corrected chi connectivity index (χ0v) is 17.3. The van der Waals surface area contributed by atoms with Gasteiger partial charge in [-0.25, -0.2) is 4.68 Å². The number of aromatic nitrogens is 3. The highest BCUT2D eigenvalue weighted by molar-refractivity contribution is 6.00. The number of benzene rings is 2. The molecule has 2 aromatic heterocycles. The fourth-order valence-electron chi connectivity index (χ4n) is 4.37. The molecule has 0 bridgehead atoms. The van der Waals surface area contributed by atoms with Crippen LogP contribution < -0.4 is 16.0 Å². The van der Waals surface area contributed by atoms with Gasteiger partial charge in [-0.15, -0.1) is 0 Å². The quantitative estimate of drug-likeness (QED) is 0.555. The second kappa shape index (κ2) is 7.12. The molecule has 156 valence electrons. The first-order valence-corrected chi connectivity index (χ1v) is 10.2. The molecule has 0 saturated heterocycles. The van der Waals surface area contributed by atoms with Crippen LogP contribution in [0.4, 0.5) is 11.4 Å². The molecule has 0 atom stereocenters. The Morgan fingerprint density at radius 1 is 1.10 bits per heavy atom. The Kier molecular flexibility index (Phi) is 4.39. The number of carboxylic acid groups (broad SMARTS) is 1. The van der Waals surface area contributed by atoms with Crippen molar-refractivity contribution in [3.63, 3.8) is 0 Å². The van der Waals surface area contributed by atoms with Crippen molar-refractivity contribution < 1.29 is 9.90 Å². The number of pyridine rings is 1. The Labute approximate surface area is 178 Å². The molecule has 4 aromatic rings. The Balaban J connectivity index is 1.73. The van der Waals surface area contributed by atoms with Crippen molar-refractivity contribution in [2.45, 2.75) is 26.2 Å². The fraction of sp³-hybridized carbons (Fsp3) is 0.208. The van der Waals surface area contributed by atoms with Gasteiger partial charge in [-0.05, 0) is 61.6 Å². The van der Waals surface area contributed by atoms with Crippen LogP contribution in [0.1, 0.15) is 33.7 Å². The average molecular weight is 413 g/mol. The number of carbonyl (C=O) groups is 1. The van der Waals surface area contributed by atoms with Gasteiger partial charge in [0, 0.05) is 18.1 Å². The second-order valence-electron chi connectivity index (χ2n) is 7.85. The lowest BCUT2D eigenvalue weighted by atomic mass is 10.0. The third-order valence-corrected chi connectivity index (χ3v) is 6.05. The number of carbonyl (C=O) groups excluding carboxylic acids is 1. The zero-order chi connectivity index (χ0) is 21.7. The summed E-state index contributed by atoms with van der Waals surface area (Å²) >= 11 is 0. The lowest BCUT2D eigenvalue weighted by Gasteiger charge is -2.15. The van der Waals surface area contributed by atoms with E-state index in [0.717, 1.165) is 47.6 Å². The highest BCUT2D eigenvalue weighted by Gasteiger charge is 2.23. The molecular weight excluding hydrogens is 392 g/mol. The molecule has 0 spiro atoms. The van der Waals surface area contributed by atoms with E-state index >= 15 is 0 Å². The van der Waals surface area contributed by atoms with Crippen LogP contribution in [0.3, 0.4) is 0 Å². The van der Waals surface area contributed by atoms with Crippen molar-refractivity contribution in [2.24, 2.45) is 7.05 Å². The van der Waals surface area contributed by atoms with Crippen LogP contribution >= 0.6 is 0 Å². The van der Waals surface area contributed by atoms with Gasteiger partial charge in [0.25, 0.3) is 5.56 Å². The van der Waals surface area contributed by atoms with Gasteiger partial charge < -0.3 is 15.2 Å². The van der Waals surface area contributed by atoms with E-state index in [1.54, 1.807) is 16.8 Å². The van der Waals surface area contributed by atoms with Crippen molar-refractivity contribution in [1.82, 2.24) is 14.3 Å². The molecule has 1 aliphatic carbocycles. The number of anilines is 2. The van der Waals surface area contributed by atoms with E-state index in [1.165, 1.54) is 6.07 Å². The number of fused-ring (bicyclic) bond motifs is 2. The summed E-state index contributed by atoms with van der Waals surface area (Å²) in [4.78, 5) is 29.6. The molecule has 5 rings (SSSR count). The lowest BCUT2D eigenvalue weighted by molar-refractivity contribution is -0.255. The number of hydrogen-bond donors (Lipinski definition) is 1. The molecular formula is C24H21N4O3-. The van der Waals surface area contributed by atoms with Crippen LogP contribution in [-0.4, -0.2) is 20.3 Å². The molecule has 1 aliphatic rings. The Hall–Kier alpha value is -3.87. The van der Waals surface area contributed by atoms with Crippen molar-refractivity contribution in [1.29, 1.82) is 0 Å². The molecule has 2 heterocycles. The van der Waals surface area contributed by atoms with Crippen LogP contribution in [0.15, 0.2) is 53.3 Å². The summed E-state index contributed by atoms with van der Waals surface area (Å²) in [5.41, 5.74) is 5.42. The Morgan fingerprint density at radius 2 is 1.87 bits per heavy atom. The number of hydrogen-bond acceptors (Lipinski definition) is 5. The van der Waals surface area contributed by atoms with Gasteiger partial charge in [-0.1, -0.05) is 24.3 Å². The molecule has 7 heteroatoms. The summed E-state index contributed by atoms with van der Waals surface area (Å²) in [5, 5.41) is 15.5. The largest absolute Gasteiger partial charge is 0.545 e. The molecule has 1 N–H and O–H groups in total. The lowest BCUT2D eigenvalue weighted by Crippen LogP contribution is -2.22. The minimum absolute atomic E-state index is 0.0850. The highest BCUT2D eigenvalue weighted by atomic mass is 16.4. The molecule has 0 fully saturated rings. The summed E-state index contributed by atoms with van der Waals surface area (Å²) in [6.07, 6.45) is 2.67. The number of carboxylic acids is 1. The van der Waals surface area contributed by atoms with E-state index in [-0.39, 0.29) is 11.1 Å². The summed E-state index contributed by atoms with van der Waals surface area (Å²) in [5.74, 6) is -1.24. The van der Waals surface area contributed by atoms with Crippen LogP contribution in [0.5, 0.6) is 0 Å². The van der Waals surface area contributed by atoms with Crippen LogP contribution in [-0.2, 0) is 19.9 Å². The predicted octanol–water partition coefficient (Wildman–Crippen LogP) is 2.63. The number of para-hydroxylation sites is 1. The van der Waals surface area contributed by atoms with Crippen molar-refractivity contribution >= 4 is 28.2 Å². The second-order valence-corrected chi connectivity index (χ2v) is 7.85. The third-order valence-electron chi connectivity index (χ3n) is 6.05. The summed E-state index contributed by atoms with van der Waals surface area (Å²) < 4.78 is 3.43. The normalized spacial score (nSPS) is 12.8. The smallest absolute Gasteiger partial charge is 0.295 e. The number of nitrogens with one attached hydrogen (secondary N) is 1. The fourth-order valence-corrected chi connectivity index (χ4v) is 4.37. The molecule has 0 radical (unpaired) electrons. The standard InChI is InChI=1S/C24H22N4O3/c1-14-21(23(29)28(27(14)2)16-7-4-3-5-8-16)26-22-17-9-6-10-19(17)25-20-12-11-15(24(30)31)13-18(20)22/h3-5,7-8,11-13H,6,9-10H2,1-2H3,(H,25,26)(H,30,31)/p-1. The van der Waals surface area contributed by atoms with Crippen molar-refractivity contribution in [2.75, 3.05) is 5.32 Å². The van der Waals surface area contributed by atoms with E-state index in [4.69, 9.17) is 4.98 Å². The molecule has 31 heavy (non-hydrogen) atoms. The molecule has 0 amide bonds. The highest BCUT2D eigenvalue weighted by Crippen LogP contribution is 2.36. The molecule has 7 nitrogen and oxygen atoms in total. The Bertz CT molecular complexity index is 1400. The molecule has 0 aliphatic heterocycles. The van der Waals surface area contributed by atoms with Crippen LogP contribution in [0.2, 0.25) is 0 Å². The number of aryl methyl sites for hydroxylation is 1. The van der Waals surface area contributed by atoms with E-state index in [2.05, 4.69) is 5.32 Å². The third kappa shape index (κ3) is 3.01.